The summed E-state index contributed by atoms with van der Waals surface area (Å²) in [4.78, 5) is 8.69. The van der Waals surface area contributed by atoms with Gasteiger partial charge in [0.2, 0.25) is 0 Å². The van der Waals surface area contributed by atoms with Crippen LogP contribution in [0.3, 0.4) is 0 Å². The minimum atomic E-state index is -0.306. The number of benzene rings is 1. The van der Waals surface area contributed by atoms with E-state index in [1.54, 1.807) is 12.1 Å². The molecule has 4 nitrogen and oxygen atoms in total. The van der Waals surface area contributed by atoms with Gasteiger partial charge in [0.1, 0.15) is 23.3 Å². The lowest BCUT2D eigenvalue weighted by Gasteiger charge is -2.18. The van der Waals surface area contributed by atoms with Gasteiger partial charge in [-0.3, -0.25) is 0 Å². The molecule has 0 aliphatic heterocycles. The fraction of sp³-hybridized carbons (Fsp3) is 0.286. The van der Waals surface area contributed by atoms with Gasteiger partial charge in [0, 0.05) is 16.0 Å². The van der Waals surface area contributed by atoms with Gasteiger partial charge in [-0.25, -0.2) is 14.4 Å². The van der Waals surface area contributed by atoms with Crippen molar-refractivity contribution in [2.45, 2.75) is 26.2 Å². The highest BCUT2D eigenvalue weighted by Gasteiger charge is 2.18. The average Bonchev–Trinajstić information content (AvgIpc) is 2.31. The molecule has 106 valence electrons. The lowest BCUT2D eigenvalue weighted by atomic mass is 9.96. The van der Waals surface area contributed by atoms with Gasteiger partial charge in [0.25, 0.3) is 0 Å². The smallest absolute Gasteiger partial charge is 0.138 e. The molecule has 0 saturated heterocycles. The zero-order chi connectivity index (χ0) is 14.9. The van der Waals surface area contributed by atoms with Crippen LogP contribution in [0.4, 0.5) is 21.7 Å². The van der Waals surface area contributed by atoms with Gasteiger partial charge in [-0.05, 0) is 34.1 Å². The molecule has 0 fully saturated rings. The van der Waals surface area contributed by atoms with Gasteiger partial charge in [-0.1, -0.05) is 20.8 Å². The van der Waals surface area contributed by atoms with E-state index in [0.29, 0.717) is 27.6 Å². The van der Waals surface area contributed by atoms with Crippen molar-refractivity contribution in [1.29, 1.82) is 0 Å². The summed E-state index contributed by atoms with van der Waals surface area (Å²) in [5.41, 5.74) is 6.32. The molecular formula is C14H16BrFN4. The second kappa shape index (κ2) is 5.36. The van der Waals surface area contributed by atoms with Crippen LogP contribution in [0.15, 0.2) is 28.7 Å². The molecule has 0 saturated carbocycles. The first kappa shape index (κ1) is 14.7. The molecule has 0 aliphatic carbocycles. The highest BCUT2D eigenvalue weighted by molar-refractivity contribution is 9.10. The summed E-state index contributed by atoms with van der Waals surface area (Å²) in [7, 11) is 0. The molecular weight excluding hydrogens is 323 g/mol. The van der Waals surface area contributed by atoms with E-state index >= 15 is 0 Å². The van der Waals surface area contributed by atoms with E-state index in [0.717, 1.165) is 0 Å². The Balaban J connectivity index is 2.36. The predicted molar refractivity (Wildman–Crippen MR) is 82.5 cm³/mol. The first-order chi connectivity index (χ1) is 9.25. The van der Waals surface area contributed by atoms with E-state index in [1.807, 2.05) is 20.8 Å². The van der Waals surface area contributed by atoms with Gasteiger partial charge in [0.05, 0.1) is 5.69 Å². The Kier molecular flexibility index (Phi) is 3.94. The number of anilines is 3. The van der Waals surface area contributed by atoms with Crippen molar-refractivity contribution in [3.8, 4) is 0 Å². The summed E-state index contributed by atoms with van der Waals surface area (Å²) in [6, 6.07) is 6.04. The molecule has 0 amide bonds. The van der Waals surface area contributed by atoms with Crippen LogP contribution in [-0.4, -0.2) is 9.97 Å². The van der Waals surface area contributed by atoms with Gasteiger partial charge in [-0.15, -0.1) is 0 Å². The highest BCUT2D eigenvalue weighted by atomic mass is 79.9. The summed E-state index contributed by atoms with van der Waals surface area (Å²) in [5.74, 6) is 1.32. The maximum absolute atomic E-state index is 13.1. The Bertz CT molecular complexity index is 638. The molecule has 1 aromatic heterocycles. The average molecular weight is 339 g/mol. The largest absolute Gasteiger partial charge is 0.384 e. The standard InChI is InChI=1S/C14H16BrFN4/c1-14(2,3)13-19-11(17)7-12(20-13)18-10-5-4-8(16)6-9(10)15/h4-7H,1-3H3,(H3,17,18,19,20). The Labute approximate surface area is 125 Å². The van der Waals surface area contributed by atoms with Gasteiger partial charge in [-0.2, -0.15) is 0 Å². The molecule has 1 heterocycles. The fourth-order valence-corrected chi connectivity index (χ4v) is 2.04. The van der Waals surface area contributed by atoms with Crippen molar-refractivity contribution < 1.29 is 4.39 Å². The third kappa shape index (κ3) is 3.45. The van der Waals surface area contributed by atoms with Gasteiger partial charge >= 0.3 is 0 Å². The molecule has 0 bridgehead atoms. The summed E-state index contributed by atoms with van der Waals surface area (Å²) >= 11 is 3.30. The van der Waals surface area contributed by atoms with Crippen LogP contribution in [0.1, 0.15) is 26.6 Å². The van der Waals surface area contributed by atoms with E-state index in [4.69, 9.17) is 5.73 Å². The zero-order valence-electron chi connectivity index (χ0n) is 11.5. The summed E-state index contributed by atoms with van der Waals surface area (Å²) in [6.07, 6.45) is 0. The van der Waals surface area contributed by atoms with Crippen LogP contribution >= 0.6 is 15.9 Å². The van der Waals surface area contributed by atoms with E-state index < -0.39 is 0 Å². The van der Waals surface area contributed by atoms with Crippen molar-refractivity contribution in [2.24, 2.45) is 0 Å². The summed E-state index contributed by atoms with van der Waals surface area (Å²) < 4.78 is 13.7. The van der Waals surface area contributed by atoms with Crippen LogP contribution in [0, 0.1) is 5.82 Å². The Morgan fingerprint density at radius 2 is 1.90 bits per heavy atom. The van der Waals surface area contributed by atoms with Crippen LogP contribution in [0.5, 0.6) is 0 Å². The molecule has 6 heteroatoms. The van der Waals surface area contributed by atoms with Crippen molar-refractivity contribution in [1.82, 2.24) is 9.97 Å². The van der Waals surface area contributed by atoms with Crippen LogP contribution in [0.2, 0.25) is 0 Å². The molecule has 0 aliphatic rings. The molecule has 20 heavy (non-hydrogen) atoms. The number of hydrogen-bond acceptors (Lipinski definition) is 4. The molecule has 0 spiro atoms. The SMILES string of the molecule is CC(C)(C)c1nc(N)cc(Nc2ccc(F)cc2Br)n1. The minimum Gasteiger partial charge on any atom is -0.384 e. The third-order valence-electron chi connectivity index (χ3n) is 2.61. The molecule has 0 radical (unpaired) electrons. The van der Waals surface area contributed by atoms with E-state index in [2.05, 4.69) is 31.2 Å². The first-order valence-electron chi connectivity index (χ1n) is 6.13. The number of aromatic nitrogens is 2. The Morgan fingerprint density at radius 1 is 1.20 bits per heavy atom. The van der Waals surface area contributed by atoms with Crippen molar-refractivity contribution in [2.75, 3.05) is 11.1 Å². The summed E-state index contributed by atoms with van der Waals surface area (Å²) in [6.45, 7) is 6.04. The number of nitrogens with one attached hydrogen (secondary N) is 1. The van der Waals surface area contributed by atoms with Crippen molar-refractivity contribution in [3.05, 3.63) is 40.4 Å². The summed E-state index contributed by atoms with van der Waals surface area (Å²) in [5, 5.41) is 3.11. The monoisotopic (exact) mass is 338 g/mol. The van der Waals surface area contributed by atoms with E-state index in [-0.39, 0.29) is 11.2 Å². The van der Waals surface area contributed by atoms with Crippen LogP contribution in [-0.2, 0) is 5.41 Å². The number of hydrogen-bond donors (Lipinski definition) is 2. The lowest BCUT2D eigenvalue weighted by molar-refractivity contribution is 0.547. The van der Waals surface area contributed by atoms with Crippen LogP contribution < -0.4 is 11.1 Å². The van der Waals surface area contributed by atoms with Crippen molar-refractivity contribution in [3.63, 3.8) is 0 Å². The number of halogens is 2. The molecule has 0 atom stereocenters. The maximum Gasteiger partial charge on any atom is 0.138 e. The lowest BCUT2D eigenvalue weighted by Crippen LogP contribution is -2.17. The highest BCUT2D eigenvalue weighted by Crippen LogP contribution is 2.27. The van der Waals surface area contributed by atoms with Crippen molar-refractivity contribution >= 4 is 33.3 Å². The molecule has 1 aromatic carbocycles. The molecule has 2 rings (SSSR count). The first-order valence-corrected chi connectivity index (χ1v) is 6.92. The van der Waals surface area contributed by atoms with E-state index in [9.17, 15) is 4.39 Å². The molecule has 3 N–H and O–H groups in total. The second-order valence-corrected chi connectivity index (χ2v) is 6.36. The maximum atomic E-state index is 13.1. The predicted octanol–water partition coefficient (Wildman–Crippen LogP) is 4.00. The number of nitrogens with two attached hydrogens (primary N) is 1. The second-order valence-electron chi connectivity index (χ2n) is 5.50. The van der Waals surface area contributed by atoms with Crippen LogP contribution in [0.25, 0.3) is 0 Å². The quantitative estimate of drug-likeness (QED) is 0.868. The minimum absolute atomic E-state index is 0.203. The fourth-order valence-electron chi connectivity index (χ4n) is 1.59. The third-order valence-corrected chi connectivity index (χ3v) is 3.27. The molecule has 0 unspecified atom stereocenters. The van der Waals surface area contributed by atoms with Gasteiger partial charge < -0.3 is 11.1 Å². The van der Waals surface area contributed by atoms with E-state index in [1.165, 1.54) is 12.1 Å². The zero-order valence-corrected chi connectivity index (χ0v) is 13.1. The number of nitrogen functional groups attached to an aromatic ring is 1. The van der Waals surface area contributed by atoms with Gasteiger partial charge in [0.15, 0.2) is 0 Å². The Morgan fingerprint density at radius 3 is 2.50 bits per heavy atom. The number of rotatable bonds is 2. The molecule has 2 aromatic rings. The topological polar surface area (TPSA) is 63.8 Å². The number of nitrogens with zero attached hydrogens (tertiary/aromatic N) is 2. The Hall–Kier alpha value is -1.69. The normalized spacial score (nSPS) is 11.4.